The summed E-state index contributed by atoms with van der Waals surface area (Å²) in [5, 5.41) is 3.58. The standard InChI is InChI=1S/C23H37N3O/c1-19(2)25-15-7-16-26(23(27)13-12-20-8-3-4-9-20)22-11-6-5-10-21(22)18-24-14-17-25/h5-6,10-11,19-20,24H,3-4,7-9,12-18H2,1-2H3. The lowest BCUT2D eigenvalue weighted by Crippen LogP contribution is -2.38. The second-order valence-electron chi connectivity index (χ2n) is 8.52. The Balaban J connectivity index is 1.72. The fourth-order valence-electron chi connectivity index (χ4n) is 4.57. The van der Waals surface area contributed by atoms with Crippen molar-refractivity contribution in [2.75, 3.05) is 31.1 Å². The van der Waals surface area contributed by atoms with Gasteiger partial charge in [0.05, 0.1) is 0 Å². The average Bonchev–Trinajstić information content (AvgIpc) is 3.17. The monoisotopic (exact) mass is 371 g/mol. The summed E-state index contributed by atoms with van der Waals surface area (Å²) < 4.78 is 0. The first-order valence-electron chi connectivity index (χ1n) is 11.0. The zero-order valence-electron chi connectivity index (χ0n) is 17.3. The molecule has 2 aliphatic rings. The number of anilines is 1. The van der Waals surface area contributed by atoms with Crippen molar-refractivity contribution in [1.29, 1.82) is 0 Å². The summed E-state index contributed by atoms with van der Waals surface area (Å²) >= 11 is 0. The van der Waals surface area contributed by atoms with Crippen molar-refractivity contribution >= 4 is 11.6 Å². The van der Waals surface area contributed by atoms with Gasteiger partial charge in [-0.3, -0.25) is 9.69 Å². The number of fused-ring (bicyclic) bond motifs is 1. The third kappa shape index (κ3) is 5.79. The number of carbonyl (C=O) groups is 1. The molecule has 27 heavy (non-hydrogen) atoms. The van der Waals surface area contributed by atoms with Gasteiger partial charge in [0.25, 0.3) is 0 Å². The number of carbonyl (C=O) groups excluding carboxylic acids is 1. The first-order valence-corrected chi connectivity index (χ1v) is 11.0. The van der Waals surface area contributed by atoms with Gasteiger partial charge in [-0.1, -0.05) is 43.9 Å². The second kappa shape index (κ2) is 10.2. The van der Waals surface area contributed by atoms with Crippen molar-refractivity contribution in [3.63, 3.8) is 0 Å². The lowest BCUT2D eigenvalue weighted by molar-refractivity contribution is -0.118. The molecule has 0 bridgehead atoms. The fraction of sp³-hybridized carbons (Fsp3) is 0.696. The van der Waals surface area contributed by atoms with E-state index in [0.29, 0.717) is 18.4 Å². The molecule has 1 aliphatic heterocycles. The minimum atomic E-state index is 0.310. The predicted octanol–water partition coefficient (Wildman–Crippen LogP) is 4.19. The molecule has 4 nitrogen and oxygen atoms in total. The van der Waals surface area contributed by atoms with Gasteiger partial charge >= 0.3 is 0 Å². The van der Waals surface area contributed by atoms with Crippen LogP contribution in [0.25, 0.3) is 0 Å². The molecule has 4 heteroatoms. The molecule has 0 saturated heterocycles. The third-order valence-corrected chi connectivity index (χ3v) is 6.27. The highest BCUT2D eigenvalue weighted by Gasteiger charge is 2.22. The van der Waals surface area contributed by atoms with E-state index in [1.807, 2.05) is 0 Å². The van der Waals surface area contributed by atoms with Crippen molar-refractivity contribution < 1.29 is 4.79 Å². The van der Waals surface area contributed by atoms with Crippen LogP contribution in [-0.2, 0) is 11.3 Å². The van der Waals surface area contributed by atoms with E-state index < -0.39 is 0 Å². The number of nitrogens with one attached hydrogen (secondary N) is 1. The predicted molar refractivity (Wildman–Crippen MR) is 113 cm³/mol. The lowest BCUT2D eigenvalue weighted by atomic mass is 10.0. The van der Waals surface area contributed by atoms with E-state index in [4.69, 9.17) is 0 Å². The molecule has 0 spiro atoms. The van der Waals surface area contributed by atoms with E-state index in [0.717, 1.165) is 57.2 Å². The quantitative estimate of drug-likeness (QED) is 0.862. The summed E-state index contributed by atoms with van der Waals surface area (Å²) in [6, 6.07) is 8.99. The number of rotatable bonds is 4. The molecule has 0 unspecified atom stereocenters. The van der Waals surface area contributed by atoms with E-state index in [9.17, 15) is 4.79 Å². The molecule has 1 fully saturated rings. The first-order chi connectivity index (χ1) is 13.1. The number of benzene rings is 1. The summed E-state index contributed by atoms with van der Waals surface area (Å²) in [6.45, 7) is 9.28. The number of para-hydroxylation sites is 1. The largest absolute Gasteiger partial charge is 0.312 e. The molecule has 1 heterocycles. The molecule has 0 atom stereocenters. The van der Waals surface area contributed by atoms with Crippen LogP contribution in [0.3, 0.4) is 0 Å². The summed E-state index contributed by atoms with van der Waals surface area (Å²) in [4.78, 5) is 17.8. The zero-order chi connectivity index (χ0) is 19.1. The van der Waals surface area contributed by atoms with E-state index in [-0.39, 0.29) is 0 Å². The van der Waals surface area contributed by atoms with Crippen LogP contribution in [0.4, 0.5) is 5.69 Å². The smallest absolute Gasteiger partial charge is 0.226 e. The van der Waals surface area contributed by atoms with Crippen LogP contribution >= 0.6 is 0 Å². The van der Waals surface area contributed by atoms with Crippen LogP contribution in [0.15, 0.2) is 24.3 Å². The van der Waals surface area contributed by atoms with E-state index in [1.165, 1.54) is 31.2 Å². The maximum atomic E-state index is 13.2. The Morgan fingerprint density at radius 2 is 1.89 bits per heavy atom. The van der Waals surface area contributed by atoms with Crippen molar-refractivity contribution in [2.45, 2.75) is 71.4 Å². The molecule has 1 saturated carbocycles. The van der Waals surface area contributed by atoms with Crippen molar-refractivity contribution in [1.82, 2.24) is 10.2 Å². The summed E-state index contributed by atoms with van der Waals surface area (Å²) in [5.41, 5.74) is 2.35. The molecule has 1 aliphatic carbocycles. The zero-order valence-corrected chi connectivity index (χ0v) is 17.3. The minimum Gasteiger partial charge on any atom is -0.312 e. The van der Waals surface area contributed by atoms with Crippen LogP contribution in [-0.4, -0.2) is 43.0 Å². The Kier molecular flexibility index (Phi) is 7.71. The van der Waals surface area contributed by atoms with Crippen molar-refractivity contribution in [3.05, 3.63) is 29.8 Å². The Morgan fingerprint density at radius 3 is 2.67 bits per heavy atom. The molecule has 1 amide bonds. The number of hydrogen-bond acceptors (Lipinski definition) is 3. The van der Waals surface area contributed by atoms with Gasteiger partial charge in [-0.15, -0.1) is 0 Å². The van der Waals surface area contributed by atoms with Gasteiger partial charge in [0.2, 0.25) is 5.91 Å². The van der Waals surface area contributed by atoms with Crippen LogP contribution in [0.2, 0.25) is 0 Å². The molecule has 150 valence electrons. The summed E-state index contributed by atoms with van der Waals surface area (Å²) in [5.74, 6) is 1.08. The average molecular weight is 372 g/mol. The highest BCUT2D eigenvalue weighted by molar-refractivity contribution is 5.94. The van der Waals surface area contributed by atoms with Crippen molar-refractivity contribution in [2.24, 2.45) is 5.92 Å². The minimum absolute atomic E-state index is 0.310. The highest BCUT2D eigenvalue weighted by Crippen LogP contribution is 2.30. The van der Waals surface area contributed by atoms with Crippen LogP contribution in [0, 0.1) is 5.92 Å². The van der Waals surface area contributed by atoms with E-state index in [2.05, 4.69) is 53.2 Å². The Labute approximate surface area is 165 Å². The molecule has 0 radical (unpaired) electrons. The third-order valence-electron chi connectivity index (χ3n) is 6.27. The maximum Gasteiger partial charge on any atom is 0.226 e. The van der Waals surface area contributed by atoms with Gasteiger partial charge in [0.1, 0.15) is 0 Å². The van der Waals surface area contributed by atoms with Gasteiger partial charge in [0, 0.05) is 50.9 Å². The molecular weight excluding hydrogens is 334 g/mol. The van der Waals surface area contributed by atoms with Crippen LogP contribution < -0.4 is 10.2 Å². The van der Waals surface area contributed by atoms with E-state index in [1.54, 1.807) is 0 Å². The van der Waals surface area contributed by atoms with Gasteiger partial charge < -0.3 is 10.2 Å². The maximum absolute atomic E-state index is 13.2. The number of hydrogen-bond donors (Lipinski definition) is 1. The number of nitrogens with zero attached hydrogens (tertiary/aromatic N) is 2. The molecular formula is C23H37N3O. The molecule has 1 N–H and O–H groups in total. The van der Waals surface area contributed by atoms with Crippen LogP contribution in [0.1, 0.15) is 64.4 Å². The van der Waals surface area contributed by atoms with Gasteiger partial charge in [-0.05, 0) is 44.2 Å². The number of amides is 1. The summed E-state index contributed by atoms with van der Waals surface area (Å²) in [7, 11) is 0. The lowest BCUT2D eigenvalue weighted by Gasteiger charge is -2.28. The molecule has 1 aromatic rings. The Bertz CT molecular complexity index is 595. The SMILES string of the molecule is CC(C)N1CCCN(C(=O)CCC2CCCC2)c2ccccc2CNCC1. The summed E-state index contributed by atoms with van der Waals surface area (Å²) in [6.07, 6.45) is 8.12. The van der Waals surface area contributed by atoms with Gasteiger partial charge in [0.15, 0.2) is 0 Å². The molecule has 0 aromatic heterocycles. The topological polar surface area (TPSA) is 35.6 Å². The highest BCUT2D eigenvalue weighted by atomic mass is 16.2. The molecule has 1 aromatic carbocycles. The van der Waals surface area contributed by atoms with Gasteiger partial charge in [-0.25, -0.2) is 0 Å². The van der Waals surface area contributed by atoms with E-state index >= 15 is 0 Å². The Morgan fingerprint density at radius 1 is 1.11 bits per heavy atom. The van der Waals surface area contributed by atoms with Crippen molar-refractivity contribution in [3.8, 4) is 0 Å². The Hall–Kier alpha value is -1.39. The van der Waals surface area contributed by atoms with Gasteiger partial charge in [-0.2, -0.15) is 0 Å². The first kappa shape index (κ1) is 20.3. The fourth-order valence-corrected chi connectivity index (χ4v) is 4.57. The molecule has 3 rings (SSSR count). The normalized spacial score (nSPS) is 20.5. The van der Waals surface area contributed by atoms with Crippen LogP contribution in [0.5, 0.6) is 0 Å². The second-order valence-corrected chi connectivity index (χ2v) is 8.52.